The predicted molar refractivity (Wildman–Crippen MR) is 104 cm³/mol. The van der Waals surface area contributed by atoms with Crippen LogP contribution in [-0.2, 0) is 0 Å². The summed E-state index contributed by atoms with van der Waals surface area (Å²) in [5.74, 6) is -0.192. The minimum absolute atomic E-state index is 0.0970. The number of rotatable bonds is 4. The molecule has 0 radical (unpaired) electrons. The van der Waals surface area contributed by atoms with E-state index >= 15 is 0 Å². The lowest BCUT2D eigenvalue weighted by molar-refractivity contribution is 0.227. The molecular formula is C19H14Cl2FN3O2. The van der Waals surface area contributed by atoms with Crippen LogP contribution in [0.15, 0.2) is 47.3 Å². The highest BCUT2D eigenvalue weighted by atomic mass is 35.5. The van der Waals surface area contributed by atoms with E-state index in [1.807, 2.05) is 18.3 Å². The molecule has 5 nitrogen and oxygen atoms in total. The van der Waals surface area contributed by atoms with E-state index in [4.69, 9.17) is 38.1 Å². The van der Waals surface area contributed by atoms with E-state index in [1.165, 1.54) is 12.1 Å². The van der Waals surface area contributed by atoms with Crippen molar-refractivity contribution < 1.29 is 13.5 Å². The van der Waals surface area contributed by atoms with Gasteiger partial charge in [0.25, 0.3) is 0 Å². The zero-order valence-corrected chi connectivity index (χ0v) is 15.6. The zero-order chi connectivity index (χ0) is 19.1. The first-order valence-electron chi connectivity index (χ1n) is 8.07. The smallest absolute Gasteiger partial charge is 0.205 e. The van der Waals surface area contributed by atoms with Crippen molar-refractivity contribution in [2.45, 2.75) is 13.0 Å². The van der Waals surface area contributed by atoms with Gasteiger partial charge in [-0.05, 0) is 31.2 Å². The Hall–Kier alpha value is -2.70. The molecule has 0 fully saturated rings. The summed E-state index contributed by atoms with van der Waals surface area (Å²) < 4.78 is 25.5. The second-order valence-electron chi connectivity index (χ2n) is 5.97. The maximum absolute atomic E-state index is 13.8. The number of halogens is 3. The van der Waals surface area contributed by atoms with Gasteiger partial charge in [-0.25, -0.2) is 9.37 Å². The second-order valence-corrected chi connectivity index (χ2v) is 6.75. The molecule has 0 unspecified atom stereocenters. The SMILES string of the molecule is C[C@@H](Oc1c(N)ncc2c(-c3ccc[nH]3)coc12)c1c(Cl)ccc(F)c1Cl. The van der Waals surface area contributed by atoms with Gasteiger partial charge in [0.05, 0.1) is 10.4 Å². The molecule has 3 N–H and O–H groups in total. The van der Waals surface area contributed by atoms with Gasteiger partial charge in [-0.1, -0.05) is 23.2 Å². The van der Waals surface area contributed by atoms with Gasteiger partial charge in [0.2, 0.25) is 5.75 Å². The Kier molecular flexibility index (Phi) is 4.45. The summed E-state index contributed by atoms with van der Waals surface area (Å²) in [4.78, 5) is 7.32. The number of anilines is 1. The molecule has 138 valence electrons. The number of pyridine rings is 1. The van der Waals surface area contributed by atoms with Crippen molar-refractivity contribution in [2.24, 2.45) is 0 Å². The van der Waals surface area contributed by atoms with Crippen molar-refractivity contribution in [3.05, 3.63) is 64.3 Å². The Morgan fingerprint density at radius 3 is 2.85 bits per heavy atom. The van der Waals surface area contributed by atoms with Gasteiger partial charge in [-0.3, -0.25) is 0 Å². The molecule has 0 aliphatic rings. The van der Waals surface area contributed by atoms with E-state index in [0.29, 0.717) is 16.2 Å². The normalized spacial score (nSPS) is 12.4. The number of benzene rings is 1. The van der Waals surface area contributed by atoms with Crippen molar-refractivity contribution >= 4 is 40.0 Å². The fraction of sp³-hybridized carbons (Fsp3) is 0.105. The molecule has 4 aromatic rings. The number of nitrogens with zero attached hydrogens (tertiary/aromatic N) is 1. The number of nitrogen functional groups attached to an aromatic ring is 1. The summed E-state index contributed by atoms with van der Waals surface area (Å²) in [5.41, 5.74) is 8.45. The van der Waals surface area contributed by atoms with Crippen LogP contribution in [-0.4, -0.2) is 9.97 Å². The Bertz CT molecular complexity index is 1130. The lowest BCUT2D eigenvalue weighted by Crippen LogP contribution is -2.08. The maximum atomic E-state index is 13.8. The molecule has 1 aromatic carbocycles. The van der Waals surface area contributed by atoms with E-state index in [2.05, 4.69) is 9.97 Å². The fourth-order valence-electron chi connectivity index (χ4n) is 2.95. The number of ether oxygens (including phenoxy) is 1. The molecule has 3 aromatic heterocycles. The Balaban J connectivity index is 1.79. The minimum atomic E-state index is -0.686. The van der Waals surface area contributed by atoms with Crippen molar-refractivity contribution in [1.82, 2.24) is 9.97 Å². The van der Waals surface area contributed by atoms with Gasteiger partial charge >= 0.3 is 0 Å². The quantitative estimate of drug-likeness (QED) is 0.408. The average Bonchev–Trinajstić information content (AvgIpc) is 3.30. The van der Waals surface area contributed by atoms with Crippen LogP contribution >= 0.6 is 23.2 Å². The molecule has 0 aliphatic heterocycles. The molecule has 0 bridgehead atoms. The van der Waals surface area contributed by atoms with Gasteiger partial charge in [0.1, 0.15) is 18.2 Å². The van der Waals surface area contributed by atoms with E-state index in [1.54, 1.807) is 19.4 Å². The number of hydrogen-bond acceptors (Lipinski definition) is 4. The summed E-state index contributed by atoms with van der Waals surface area (Å²) >= 11 is 12.3. The van der Waals surface area contributed by atoms with E-state index in [-0.39, 0.29) is 16.6 Å². The number of nitrogens with two attached hydrogens (primary N) is 1. The molecule has 0 spiro atoms. The number of aromatic amines is 1. The van der Waals surface area contributed by atoms with Crippen LogP contribution < -0.4 is 10.5 Å². The van der Waals surface area contributed by atoms with E-state index in [9.17, 15) is 4.39 Å². The van der Waals surface area contributed by atoms with Crippen molar-refractivity contribution in [3.63, 3.8) is 0 Å². The third-order valence-corrected chi connectivity index (χ3v) is 4.98. The summed E-state index contributed by atoms with van der Waals surface area (Å²) in [5, 5.41) is 0.921. The number of nitrogens with one attached hydrogen (secondary N) is 1. The first kappa shape index (κ1) is 17.7. The van der Waals surface area contributed by atoms with Crippen LogP contribution in [0.4, 0.5) is 10.2 Å². The standard InChI is InChI=1S/C19H14Cl2FN3O2/c1-9(15-12(20)4-5-13(22)16(15)21)27-18-17-10(7-25-19(18)23)11(8-26-17)14-3-2-6-24-14/h2-9,24H,1H3,(H2,23,25)/t9-/m1/s1. The van der Waals surface area contributed by atoms with Gasteiger partial charge in [-0.15, -0.1) is 0 Å². The molecule has 0 aliphatic carbocycles. The highest BCUT2D eigenvalue weighted by molar-refractivity contribution is 6.36. The molecular weight excluding hydrogens is 392 g/mol. The molecule has 0 amide bonds. The first-order chi connectivity index (χ1) is 13.0. The molecule has 4 rings (SSSR count). The third-order valence-electron chi connectivity index (χ3n) is 4.27. The molecule has 8 heteroatoms. The summed E-state index contributed by atoms with van der Waals surface area (Å²) in [6, 6.07) is 6.42. The van der Waals surface area contributed by atoms with Gasteiger partial charge < -0.3 is 19.9 Å². The number of aromatic nitrogens is 2. The van der Waals surface area contributed by atoms with Gasteiger partial charge in [-0.2, -0.15) is 0 Å². The number of hydrogen-bond donors (Lipinski definition) is 2. The van der Waals surface area contributed by atoms with Crippen LogP contribution in [0.1, 0.15) is 18.6 Å². The lowest BCUT2D eigenvalue weighted by atomic mass is 10.1. The fourth-order valence-corrected chi connectivity index (χ4v) is 3.63. The number of fused-ring (bicyclic) bond motifs is 1. The molecule has 0 saturated carbocycles. The number of H-pyrrole nitrogens is 1. The molecule has 27 heavy (non-hydrogen) atoms. The Morgan fingerprint density at radius 1 is 1.30 bits per heavy atom. The lowest BCUT2D eigenvalue weighted by Gasteiger charge is -2.18. The summed E-state index contributed by atoms with van der Waals surface area (Å²) in [6.45, 7) is 1.69. The summed E-state index contributed by atoms with van der Waals surface area (Å²) in [7, 11) is 0. The number of furan rings is 1. The minimum Gasteiger partial charge on any atom is -0.478 e. The predicted octanol–water partition coefficient (Wildman–Crippen LogP) is 5.99. The van der Waals surface area contributed by atoms with Crippen LogP contribution in [0.5, 0.6) is 5.75 Å². The van der Waals surface area contributed by atoms with Crippen LogP contribution in [0, 0.1) is 5.82 Å². The van der Waals surface area contributed by atoms with Crippen LogP contribution in [0.25, 0.3) is 22.2 Å². The second kappa shape index (κ2) is 6.79. The maximum Gasteiger partial charge on any atom is 0.205 e. The largest absolute Gasteiger partial charge is 0.478 e. The van der Waals surface area contributed by atoms with Crippen molar-refractivity contribution in [2.75, 3.05) is 5.73 Å². The Morgan fingerprint density at radius 2 is 2.11 bits per heavy atom. The van der Waals surface area contributed by atoms with Crippen molar-refractivity contribution in [3.8, 4) is 17.0 Å². The van der Waals surface area contributed by atoms with Crippen LogP contribution in [0.3, 0.4) is 0 Å². The molecule has 1 atom stereocenters. The first-order valence-corrected chi connectivity index (χ1v) is 8.82. The Labute approximate surface area is 163 Å². The zero-order valence-electron chi connectivity index (χ0n) is 14.1. The molecule has 3 heterocycles. The average molecular weight is 406 g/mol. The topological polar surface area (TPSA) is 77.1 Å². The van der Waals surface area contributed by atoms with Gasteiger partial charge in [0, 0.05) is 34.2 Å². The summed E-state index contributed by atoms with van der Waals surface area (Å²) in [6.07, 6.45) is 4.34. The third kappa shape index (κ3) is 3.01. The highest BCUT2D eigenvalue weighted by Crippen LogP contribution is 2.41. The molecule has 0 saturated heterocycles. The van der Waals surface area contributed by atoms with E-state index in [0.717, 1.165) is 16.6 Å². The van der Waals surface area contributed by atoms with Crippen LogP contribution in [0.2, 0.25) is 10.0 Å². The van der Waals surface area contributed by atoms with Crippen molar-refractivity contribution in [1.29, 1.82) is 0 Å². The van der Waals surface area contributed by atoms with Gasteiger partial charge in [0.15, 0.2) is 11.4 Å². The monoisotopic (exact) mass is 405 g/mol. The highest BCUT2D eigenvalue weighted by Gasteiger charge is 2.23. The van der Waals surface area contributed by atoms with E-state index < -0.39 is 11.9 Å².